The fourth-order valence-corrected chi connectivity index (χ4v) is 10.4. The Hall–Kier alpha value is -2.37. The Morgan fingerprint density at radius 2 is 2.08 bits per heavy atom. The number of benzene rings is 1. The summed E-state index contributed by atoms with van der Waals surface area (Å²) in [6.45, 7) is 11.6. The molecule has 7 rings (SSSR count). The van der Waals surface area contributed by atoms with Gasteiger partial charge >= 0.3 is 0 Å². The normalized spacial score (nSPS) is 40.7. The largest absolute Gasteiger partial charge is 0.513 e. The van der Waals surface area contributed by atoms with E-state index in [-0.39, 0.29) is 22.8 Å². The van der Waals surface area contributed by atoms with E-state index in [1.54, 1.807) is 0 Å². The quantitative estimate of drug-likeness (QED) is 0.563. The monoisotopic (exact) mass is 499 g/mol. The smallest absolute Gasteiger partial charge is 0.254 e. The van der Waals surface area contributed by atoms with Crippen molar-refractivity contribution >= 4 is 5.91 Å². The molecule has 5 heteroatoms. The molecule has 7 atom stereocenters. The maximum absolute atomic E-state index is 13.8. The van der Waals surface area contributed by atoms with Gasteiger partial charge in [-0.1, -0.05) is 30.9 Å². The summed E-state index contributed by atoms with van der Waals surface area (Å²) in [6.07, 6.45) is 11.1. The lowest BCUT2D eigenvalue weighted by atomic mass is 9.43. The average molecular weight is 500 g/mol. The predicted octanol–water partition coefficient (Wildman–Crippen LogP) is 4.95. The number of amides is 1. The van der Waals surface area contributed by atoms with Gasteiger partial charge in [0.1, 0.15) is 0 Å². The van der Waals surface area contributed by atoms with Gasteiger partial charge in [-0.05, 0) is 118 Å². The fraction of sp³-hybridized carbons (Fsp3) is 0.594. The van der Waals surface area contributed by atoms with Crippen LogP contribution in [0.5, 0.6) is 0 Å². The number of aliphatic hydroxyl groups is 1. The van der Waals surface area contributed by atoms with E-state index in [9.17, 15) is 9.90 Å². The summed E-state index contributed by atoms with van der Waals surface area (Å²) in [7, 11) is 0. The van der Waals surface area contributed by atoms with Crippen molar-refractivity contribution in [2.75, 3.05) is 32.7 Å². The number of hydrogen-bond acceptors (Lipinski definition) is 4. The van der Waals surface area contributed by atoms with Gasteiger partial charge in [0.05, 0.1) is 5.76 Å². The van der Waals surface area contributed by atoms with Gasteiger partial charge < -0.3 is 15.3 Å². The highest BCUT2D eigenvalue weighted by atomic mass is 16.3. The molecule has 2 saturated carbocycles. The zero-order valence-corrected chi connectivity index (χ0v) is 22.2. The average Bonchev–Trinajstić information content (AvgIpc) is 3.57. The molecule has 196 valence electrons. The number of piperidine rings is 1. The molecule has 1 amide bonds. The van der Waals surface area contributed by atoms with E-state index in [2.05, 4.69) is 33.8 Å². The van der Waals surface area contributed by atoms with Crippen molar-refractivity contribution in [3.63, 3.8) is 0 Å². The van der Waals surface area contributed by atoms with Crippen LogP contribution in [0.3, 0.4) is 0 Å². The van der Waals surface area contributed by atoms with Crippen LogP contribution < -0.4 is 5.32 Å². The van der Waals surface area contributed by atoms with Gasteiger partial charge in [0.25, 0.3) is 5.91 Å². The first kappa shape index (κ1) is 23.7. The number of nitrogens with zero attached hydrogens (tertiary/aromatic N) is 2. The SMILES string of the molecule is C=CC1=C(/C=C(\C)O)C23CCN(C[C@@H]4CCNC4)C(C1)C21CCC2C3[C@@H](CN2C(=O)c2ccccc2)C1. The van der Waals surface area contributed by atoms with Crippen molar-refractivity contribution < 1.29 is 9.90 Å². The third-order valence-corrected chi connectivity index (χ3v) is 11.4. The minimum Gasteiger partial charge on any atom is -0.513 e. The number of allylic oxidation sites excluding steroid dienone is 4. The van der Waals surface area contributed by atoms with Crippen molar-refractivity contribution in [1.29, 1.82) is 0 Å². The van der Waals surface area contributed by atoms with Gasteiger partial charge in [0.15, 0.2) is 0 Å². The Bertz CT molecular complexity index is 1160. The van der Waals surface area contributed by atoms with Gasteiger partial charge in [0.2, 0.25) is 0 Å². The zero-order valence-electron chi connectivity index (χ0n) is 22.2. The third kappa shape index (κ3) is 3.19. The summed E-state index contributed by atoms with van der Waals surface area (Å²) in [5, 5.41) is 14.2. The van der Waals surface area contributed by atoms with Crippen LogP contribution in [0.1, 0.15) is 55.8 Å². The molecule has 5 fully saturated rings. The summed E-state index contributed by atoms with van der Waals surface area (Å²) in [5.74, 6) is 2.34. The minimum absolute atomic E-state index is 0.0210. The molecule has 5 unspecified atom stereocenters. The van der Waals surface area contributed by atoms with E-state index in [1.165, 1.54) is 37.0 Å². The Kier molecular flexibility index (Phi) is 5.50. The Labute approximate surface area is 221 Å². The van der Waals surface area contributed by atoms with E-state index in [1.807, 2.05) is 37.3 Å². The number of nitrogens with one attached hydrogen (secondary N) is 1. The number of carbonyl (C=O) groups is 1. The van der Waals surface area contributed by atoms with Gasteiger partial charge in [-0.15, -0.1) is 0 Å². The van der Waals surface area contributed by atoms with Crippen molar-refractivity contribution in [3.05, 3.63) is 71.5 Å². The van der Waals surface area contributed by atoms with E-state index in [4.69, 9.17) is 0 Å². The van der Waals surface area contributed by atoms with Crippen LogP contribution in [0.2, 0.25) is 0 Å². The lowest BCUT2D eigenvalue weighted by Crippen LogP contribution is -2.67. The lowest BCUT2D eigenvalue weighted by molar-refractivity contribution is -0.125. The Morgan fingerprint density at radius 1 is 1.24 bits per heavy atom. The number of hydrogen-bond donors (Lipinski definition) is 2. The van der Waals surface area contributed by atoms with Gasteiger partial charge in [0, 0.05) is 36.2 Å². The van der Waals surface area contributed by atoms with Crippen molar-refractivity contribution in [1.82, 2.24) is 15.1 Å². The summed E-state index contributed by atoms with van der Waals surface area (Å²) in [4.78, 5) is 18.9. The molecule has 4 bridgehead atoms. The number of rotatable bonds is 5. The first-order valence-electron chi connectivity index (χ1n) is 14.5. The number of likely N-dealkylation sites (tertiary alicyclic amines) is 2. The summed E-state index contributed by atoms with van der Waals surface area (Å²) >= 11 is 0. The molecule has 1 aromatic carbocycles. The van der Waals surface area contributed by atoms with Crippen molar-refractivity contribution in [2.45, 2.75) is 57.5 Å². The highest BCUT2D eigenvalue weighted by Crippen LogP contribution is 2.77. The van der Waals surface area contributed by atoms with Crippen LogP contribution >= 0.6 is 0 Å². The zero-order chi connectivity index (χ0) is 25.4. The second kappa shape index (κ2) is 8.57. The molecular formula is C32H41N3O2. The molecule has 5 nitrogen and oxygen atoms in total. The maximum atomic E-state index is 13.8. The van der Waals surface area contributed by atoms with E-state index < -0.39 is 0 Å². The van der Waals surface area contributed by atoms with Crippen LogP contribution in [0.4, 0.5) is 0 Å². The molecule has 6 aliphatic rings. The summed E-state index contributed by atoms with van der Waals surface area (Å²) in [5.41, 5.74) is 3.75. The highest BCUT2D eigenvalue weighted by molar-refractivity contribution is 5.94. The predicted molar refractivity (Wildman–Crippen MR) is 146 cm³/mol. The maximum Gasteiger partial charge on any atom is 0.254 e. The molecule has 3 saturated heterocycles. The molecule has 3 aliphatic heterocycles. The van der Waals surface area contributed by atoms with E-state index in [0.29, 0.717) is 23.6 Å². The minimum atomic E-state index is 0.0210. The second-order valence-corrected chi connectivity index (χ2v) is 12.8. The molecule has 0 spiro atoms. The molecule has 2 N–H and O–H groups in total. The lowest BCUT2D eigenvalue weighted by Gasteiger charge is -2.67. The molecule has 3 aliphatic carbocycles. The molecule has 1 aromatic rings. The highest BCUT2D eigenvalue weighted by Gasteiger charge is 2.76. The third-order valence-electron chi connectivity index (χ3n) is 11.4. The first-order valence-corrected chi connectivity index (χ1v) is 14.5. The molecular weight excluding hydrogens is 458 g/mol. The molecule has 0 radical (unpaired) electrons. The van der Waals surface area contributed by atoms with Crippen molar-refractivity contribution in [3.8, 4) is 0 Å². The Balaban J connectivity index is 1.32. The summed E-state index contributed by atoms with van der Waals surface area (Å²) in [6, 6.07) is 10.7. The molecule has 37 heavy (non-hydrogen) atoms. The van der Waals surface area contributed by atoms with Crippen LogP contribution in [0, 0.1) is 28.6 Å². The van der Waals surface area contributed by atoms with Crippen LogP contribution in [0.25, 0.3) is 0 Å². The number of aliphatic hydroxyl groups excluding tert-OH is 1. The van der Waals surface area contributed by atoms with Gasteiger partial charge in [-0.25, -0.2) is 0 Å². The second-order valence-electron chi connectivity index (χ2n) is 12.8. The first-order chi connectivity index (χ1) is 18.0. The van der Waals surface area contributed by atoms with Crippen LogP contribution in [0.15, 0.2) is 66.0 Å². The number of carbonyl (C=O) groups excluding carboxylic acids is 1. The van der Waals surface area contributed by atoms with Gasteiger partial charge in [-0.3, -0.25) is 9.69 Å². The van der Waals surface area contributed by atoms with Crippen LogP contribution in [-0.4, -0.2) is 65.6 Å². The molecule has 0 aromatic heterocycles. The topological polar surface area (TPSA) is 55.8 Å². The van der Waals surface area contributed by atoms with Crippen molar-refractivity contribution in [2.24, 2.45) is 28.6 Å². The van der Waals surface area contributed by atoms with E-state index >= 15 is 0 Å². The Morgan fingerprint density at radius 3 is 2.81 bits per heavy atom. The fourth-order valence-electron chi connectivity index (χ4n) is 10.4. The van der Waals surface area contributed by atoms with Gasteiger partial charge in [-0.2, -0.15) is 0 Å². The summed E-state index contributed by atoms with van der Waals surface area (Å²) < 4.78 is 0. The van der Waals surface area contributed by atoms with Crippen LogP contribution in [-0.2, 0) is 0 Å². The van der Waals surface area contributed by atoms with E-state index in [0.717, 1.165) is 56.9 Å². The standard InChI is InChI=1S/C32H41N3O2/c1-3-23-16-28-31-11-9-27-29(25(17-31)20-35(27)30(37)24-7-5-4-6-8-24)32(31,26(23)15-21(2)36)12-14-34(28)19-22-10-13-33-18-22/h3-8,15,22,25,27-29,33,36H,1,9-14,16-20H2,2H3/b21-15+/t22-,25-,27?,28?,29?,31?,32?/m1/s1. The molecule has 3 heterocycles.